The smallest absolute Gasteiger partial charge is 0.334 e. The summed E-state index contributed by atoms with van der Waals surface area (Å²) in [4.78, 5) is 25.3. The Kier molecular flexibility index (Phi) is 2.85. The fourth-order valence-corrected chi connectivity index (χ4v) is 5.81. The van der Waals surface area contributed by atoms with Crippen LogP contribution >= 0.6 is 0 Å². The van der Waals surface area contributed by atoms with E-state index in [9.17, 15) is 9.59 Å². The molecule has 118 valence electrons. The Bertz CT molecular complexity index is 641. The maximum atomic E-state index is 12.8. The lowest BCUT2D eigenvalue weighted by molar-refractivity contribution is -0.162. The number of methoxy groups -OCH3 is 2. The molecule has 0 radical (unpaired) electrons. The van der Waals surface area contributed by atoms with E-state index in [2.05, 4.69) is 0 Å². The normalized spacial score (nSPS) is 35.5. The highest BCUT2D eigenvalue weighted by Gasteiger charge is 2.79. The maximum absolute atomic E-state index is 12.8. The summed E-state index contributed by atoms with van der Waals surface area (Å²) < 4.78 is 10.3. The minimum atomic E-state index is -0.614. The van der Waals surface area contributed by atoms with E-state index in [0.29, 0.717) is 0 Å². The summed E-state index contributed by atoms with van der Waals surface area (Å²) >= 11 is 0. The predicted octanol–water partition coefficient (Wildman–Crippen LogP) is 3.07. The number of carbonyl (C=O) groups excluding carboxylic acids is 2. The molecule has 0 aliphatic heterocycles. The molecule has 0 aromatic heterocycles. The number of esters is 2. The van der Waals surface area contributed by atoms with E-state index < -0.39 is 5.41 Å². The van der Waals surface area contributed by atoms with Crippen LogP contribution in [-0.2, 0) is 19.1 Å². The third kappa shape index (κ3) is 1.19. The van der Waals surface area contributed by atoms with Crippen molar-refractivity contribution < 1.29 is 19.1 Å². The molecule has 0 heterocycles. The molecule has 0 aromatic carbocycles. The van der Waals surface area contributed by atoms with Gasteiger partial charge in [-0.2, -0.15) is 0 Å². The number of carbonyl (C=O) groups is 2. The van der Waals surface area contributed by atoms with Crippen molar-refractivity contribution in [3.05, 3.63) is 22.3 Å². The van der Waals surface area contributed by atoms with Crippen molar-refractivity contribution in [3.63, 3.8) is 0 Å². The van der Waals surface area contributed by atoms with E-state index in [1.54, 1.807) is 0 Å². The van der Waals surface area contributed by atoms with Crippen molar-refractivity contribution in [1.82, 2.24) is 0 Å². The van der Waals surface area contributed by atoms with Crippen LogP contribution in [0.1, 0.15) is 51.4 Å². The van der Waals surface area contributed by atoms with Crippen LogP contribution in [0.5, 0.6) is 0 Å². The molecule has 0 bridgehead atoms. The minimum Gasteiger partial charge on any atom is -0.468 e. The summed E-state index contributed by atoms with van der Waals surface area (Å²) in [5.74, 6) is -0.396. The summed E-state index contributed by atoms with van der Waals surface area (Å²) in [5.41, 5.74) is 3.43. The van der Waals surface area contributed by atoms with Gasteiger partial charge in [0, 0.05) is 11.0 Å². The number of rotatable bonds is 2. The zero-order valence-electron chi connectivity index (χ0n) is 13.3. The molecule has 0 saturated heterocycles. The molecule has 2 fully saturated rings. The van der Waals surface area contributed by atoms with Crippen LogP contribution in [0.4, 0.5) is 0 Å². The van der Waals surface area contributed by atoms with Crippen LogP contribution in [0.15, 0.2) is 22.3 Å². The minimum absolute atomic E-state index is 0.155. The van der Waals surface area contributed by atoms with Gasteiger partial charge in [-0.25, -0.2) is 4.79 Å². The monoisotopic (exact) mass is 302 g/mol. The molecule has 4 rings (SSSR count). The van der Waals surface area contributed by atoms with E-state index in [4.69, 9.17) is 9.47 Å². The summed E-state index contributed by atoms with van der Waals surface area (Å²) in [7, 11) is 2.90. The van der Waals surface area contributed by atoms with E-state index in [0.717, 1.165) is 62.5 Å². The quantitative estimate of drug-likeness (QED) is 0.581. The molecule has 4 aliphatic rings. The topological polar surface area (TPSA) is 52.6 Å². The largest absolute Gasteiger partial charge is 0.468 e. The lowest BCUT2D eigenvalue weighted by atomic mass is 9.31. The molecular formula is C18H22O4. The zero-order valence-corrected chi connectivity index (χ0v) is 13.3. The first-order valence-corrected chi connectivity index (χ1v) is 8.30. The standard InChI is InChI=1S/C18H22O4/c1-21-15(19)14-13-9-4-3-8-12-11-7-5-6-10-17(11,14)18(12,13)16(20)22-2/h3-10H2,1-2H3. The molecule has 0 amide bonds. The molecule has 1 spiro atoms. The van der Waals surface area contributed by atoms with Gasteiger partial charge in [-0.05, 0) is 56.1 Å². The second-order valence-corrected chi connectivity index (χ2v) is 6.86. The fraction of sp³-hybridized carbons (Fsp3) is 0.667. The third-order valence-corrected chi connectivity index (χ3v) is 6.37. The summed E-state index contributed by atoms with van der Waals surface area (Å²) in [6, 6.07) is 0. The van der Waals surface area contributed by atoms with Crippen molar-refractivity contribution >= 4 is 11.9 Å². The molecule has 4 heteroatoms. The summed E-state index contributed by atoms with van der Waals surface area (Å²) in [6.45, 7) is 0. The van der Waals surface area contributed by atoms with Gasteiger partial charge in [-0.1, -0.05) is 12.0 Å². The first-order chi connectivity index (χ1) is 10.7. The first-order valence-electron chi connectivity index (χ1n) is 8.30. The Balaban J connectivity index is 1.98. The average molecular weight is 302 g/mol. The van der Waals surface area contributed by atoms with Crippen LogP contribution < -0.4 is 0 Å². The highest BCUT2D eigenvalue weighted by Crippen LogP contribution is 2.81. The lowest BCUT2D eigenvalue weighted by Gasteiger charge is -2.69. The molecule has 2 atom stereocenters. The van der Waals surface area contributed by atoms with Crippen LogP contribution in [-0.4, -0.2) is 26.2 Å². The van der Waals surface area contributed by atoms with Gasteiger partial charge in [0.15, 0.2) is 0 Å². The van der Waals surface area contributed by atoms with E-state index in [-0.39, 0.29) is 17.4 Å². The Morgan fingerprint density at radius 2 is 1.50 bits per heavy atom. The third-order valence-electron chi connectivity index (χ3n) is 6.37. The van der Waals surface area contributed by atoms with Crippen LogP contribution in [0.25, 0.3) is 0 Å². The molecule has 2 saturated carbocycles. The van der Waals surface area contributed by atoms with Gasteiger partial charge >= 0.3 is 11.9 Å². The molecule has 4 nitrogen and oxygen atoms in total. The molecule has 22 heavy (non-hydrogen) atoms. The summed E-state index contributed by atoms with van der Waals surface area (Å²) in [6.07, 6.45) is 8.02. The van der Waals surface area contributed by atoms with Gasteiger partial charge in [0.1, 0.15) is 5.41 Å². The van der Waals surface area contributed by atoms with Crippen molar-refractivity contribution in [2.75, 3.05) is 14.2 Å². The number of hydrogen-bond donors (Lipinski definition) is 0. The Morgan fingerprint density at radius 1 is 0.864 bits per heavy atom. The second-order valence-electron chi connectivity index (χ2n) is 6.86. The number of allylic oxidation sites excluding steroid dienone is 1. The fourth-order valence-electron chi connectivity index (χ4n) is 5.81. The lowest BCUT2D eigenvalue weighted by Crippen LogP contribution is -2.69. The Morgan fingerprint density at radius 3 is 2.18 bits per heavy atom. The van der Waals surface area contributed by atoms with Gasteiger partial charge in [0.2, 0.25) is 0 Å². The molecule has 0 aromatic rings. The van der Waals surface area contributed by atoms with Crippen molar-refractivity contribution in [3.8, 4) is 0 Å². The van der Waals surface area contributed by atoms with Crippen molar-refractivity contribution in [2.45, 2.75) is 51.4 Å². The number of hydrogen-bond acceptors (Lipinski definition) is 4. The summed E-state index contributed by atoms with van der Waals surface area (Å²) in [5, 5.41) is 0. The number of ether oxygens (including phenoxy) is 2. The van der Waals surface area contributed by atoms with Crippen molar-refractivity contribution in [1.29, 1.82) is 0 Å². The van der Waals surface area contributed by atoms with Gasteiger partial charge in [0.25, 0.3) is 0 Å². The van der Waals surface area contributed by atoms with E-state index in [1.807, 2.05) is 0 Å². The first kappa shape index (κ1) is 14.0. The van der Waals surface area contributed by atoms with Crippen LogP contribution in [0.2, 0.25) is 0 Å². The maximum Gasteiger partial charge on any atom is 0.334 e. The molecule has 2 unspecified atom stereocenters. The molecule has 4 aliphatic carbocycles. The SMILES string of the molecule is COC(=O)C1=C2CCCCC3=C4CCCCC41C32C(=O)OC. The predicted molar refractivity (Wildman–Crippen MR) is 79.9 cm³/mol. The van der Waals surface area contributed by atoms with E-state index in [1.165, 1.54) is 25.4 Å². The zero-order chi connectivity index (χ0) is 15.5. The Labute approximate surface area is 130 Å². The van der Waals surface area contributed by atoms with Gasteiger partial charge in [-0.15, -0.1) is 0 Å². The average Bonchev–Trinajstić information content (AvgIpc) is 2.63. The molecule has 0 N–H and O–H groups in total. The van der Waals surface area contributed by atoms with Crippen LogP contribution in [0.3, 0.4) is 0 Å². The van der Waals surface area contributed by atoms with Gasteiger partial charge < -0.3 is 9.47 Å². The van der Waals surface area contributed by atoms with Gasteiger partial charge in [0.05, 0.1) is 14.2 Å². The molecular weight excluding hydrogens is 280 g/mol. The van der Waals surface area contributed by atoms with E-state index >= 15 is 0 Å². The highest BCUT2D eigenvalue weighted by molar-refractivity contribution is 6.06. The van der Waals surface area contributed by atoms with Crippen LogP contribution in [0, 0.1) is 10.8 Å². The van der Waals surface area contributed by atoms with Crippen molar-refractivity contribution in [2.24, 2.45) is 10.8 Å². The second kappa shape index (κ2) is 4.46. The van der Waals surface area contributed by atoms with Gasteiger partial charge in [-0.3, -0.25) is 4.79 Å². The highest BCUT2D eigenvalue weighted by atomic mass is 16.5. The Hall–Kier alpha value is -1.58.